The maximum absolute atomic E-state index is 13.0. The number of benzene rings is 3. The van der Waals surface area contributed by atoms with E-state index in [-0.39, 0.29) is 26.2 Å². The van der Waals surface area contributed by atoms with Crippen LogP contribution in [0.4, 0.5) is 0 Å². The highest BCUT2D eigenvalue weighted by Crippen LogP contribution is 2.53. The molecule has 10 heteroatoms. The van der Waals surface area contributed by atoms with Crippen molar-refractivity contribution in [3.8, 4) is 11.5 Å². The van der Waals surface area contributed by atoms with E-state index in [1.165, 1.54) is 30.3 Å². The number of halogens is 4. The molecule has 0 amide bonds. The summed E-state index contributed by atoms with van der Waals surface area (Å²) in [4.78, 5) is 0. The van der Waals surface area contributed by atoms with Crippen LogP contribution in [-0.4, -0.2) is 23.2 Å². The molecule has 0 aliphatic rings. The first-order valence-electron chi connectivity index (χ1n) is 7.90. The van der Waals surface area contributed by atoms with Crippen LogP contribution in [-0.2, 0) is 14.9 Å². The van der Waals surface area contributed by atoms with Gasteiger partial charge in [0, 0.05) is 16.1 Å². The summed E-state index contributed by atoms with van der Waals surface area (Å²) in [5.41, 5.74) is -0.719. The number of hydrogen-bond acceptors (Lipinski definition) is 4. The third-order valence-corrected chi connectivity index (χ3v) is 7.26. The lowest BCUT2D eigenvalue weighted by molar-refractivity contribution is 0.434. The van der Waals surface area contributed by atoms with Crippen molar-refractivity contribution in [2.24, 2.45) is 0 Å². The maximum Gasteiger partial charge on any atom is 0.283 e. The summed E-state index contributed by atoms with van der Waals surface area (Å²) >= 11 is 24.7. The molecule has 1 unspecified atom stereocenters. The second-order valence-corrected chi connectivity index (χ2v) is 9.22. The van der Waals surface area contributed by atoms with E-state index in [1.807, 2.05) is 0 Å². The van der Waals surface area contributed by atoms with Gasteiger partial charge in [0.2, 0.25) is 0 Å². The van der Waals surface area contributed by atoms with Crippen molar-refractivity contribution in [2.75, 3.05) is 0 Å². The van der Waals surface area contributed by atoms with Gasteiger partial charge >= 0.3 is 0 Å². The van der Waals surface area contributed by atoms with Crippen LogP contribution >= 0.6 is 46.4 Å². The molecule has 0 aromatic heterocycles. The molecule has 3 aromatic rings. The zero-order chi connectivity index (χ0) is 21.6. The fourth-order valence-electron chi connectivity index (χ4n) is 3.21. The van der Waals surface area contributed by atoms with E-state index >= 15 is 0 Å². The van der Waals surface area contributed by atoms with Gasteiger partial charge in [0.05, 0.1) is 15.1 Å². The fourth-order valence-corrected chi connectivity index (χ4v) is 5.65. The van der Waals surface area contributed by atoms with Crippen molar-refractivity contribution in [1.29, 1.82) is 0 Å². The average Bonchev–Trinajstić information content (AvgIpc) is 2.65. The lowest BCUT2D eigenvalue weighted by Crippen LogP contribution is -2.39. The molecule has 0 fully saturated rings. The van der Waals surface area contributed by atoms with Crippen LogP contribution in [0.5, 0.6) is 11.5 Å². The first-order chi connectivity index (χ1) is 13.5. The number of rotatable bonds is 4. The number of hydrogen-bond donors (Lipinski definition) is 3. The van der Waals surface area contributed by atoms with Crippen molar-refractivity contribution in [3.05, 3.63) is 91.4 Å². The van der Waals surface area contributed by atoms with E-state index in [0.29, 0.717) is 0 Å². The monoisotopic (exact) mass is 492 g/mol. The minimum Gasteiger partial charge on any atom is -0.508 e. The van der Waals surface area contributed by atoms with Gasteiger partial charge in [-0.3, -0.25) is 4.55 Å². The molecule has 29 heavy (non-hydrogen) atoms. The summed E-state index contributed by atoms with van der Waals surface area (Å²) in [5.74, 6) is -1.11. The predicted octanol–water partition coefficient (Wildman–Crippen LogP) is 5.89. The van der Waals surface area contributed by atoms with Gasteiger partial charge in [0.25, 0.3) is 10.1 Å². The molecule has 0 bridgehead atoms. The minimum atomic E-state index is -5.14. The SMILES string of the molecule is O=S(=O)(O)C(c1ccccc1)(c1cc(Cl)c(Cl)cc1Cl)c1c(O)ccc(O)c1Cl. The zero-order valence-corrected chi connectivity index (χ0v) is 18.1. The van der Waals surface area contributed by atoms with Gasteiger partial charge in [-0.05, 0) is 29.8 Å². The molecule has 0 radical (unpaired) electrons. The molecule has 3 rings (SSSR count). The first kappa shape index (κ1) is 22.0. The Hall–Kier alpha value is -1.67. The molecular weight excluding hydrogens is 482 g/mol. The van der Waals surface area contributed by atoms with E-state index in [4.69, 9.17) is 46.4 Å². The average molecular weight is 494 g/mol. The summed E-state index contributed by atoms with van der Waals surface area (Å²) in [6, 6.07) is 12.0. The highest BCUT2D eigenvalue weighted by molar-refractivity contribution is 7.87. The second-order valence-electron chi connectivity index (χ2n) is 6.06. The molecule has 5 nitrogen and oxygen atoms in total. The molecule has 3 N–H and O–H groups in total. The molecule has 0 saturated heterocycles. The lowest BCUT2D eigenvalue weighted by atomic mass is 9.83. The molecule has 3 aromatic carbocycles. The predicted molar refractivity (Wildman–Crippen MR) is 114 cm³/mol. The summed E-state index contributed by atoms with van der Waals surface area (Å²) in [6.45, 7) is 0. The third-order valence-electron chi connectivity index (χ3n) is 4.41. The molecule has 0 aliphatic carbocycles. The second kappa shape index (κ2) is 7.87. The highest BCUT2D eigenvalue weighted by atomic mass is 35.5. The highest BCUT2D eigenvalue weighted by Gasteiger charge is 2.53. The van der Waals surface area contributed by atoms with Crippen LogP contribution in [0.25, 0.3) is 0 Å². The molecule has 1 atom stereocenters. The molecule has 152 valence electrons. The van der Waals surface area contributed by atoms with Crippen molar-refractivity contribution in [2.45, 2.75) is 4.75 Å². The van der Waals surface area contributed by atoms with Crippen molar-refractivity contribution < 1.29 is 23.2 Å². The van der Waals surface area contributed by atoms with Gasteiger partial charge in [-0.15, -0.1) is 0 Å². The number of phenols is 2. The Morgan fingerprint density at radius 2 is 1.31 bits per heavy atom. The van der Waals surface area contributed by atoms with Crippen LogP contribution in [0.2, 0.25) is 20.1 Å². The van der Waals surface area contributed by atoms with Crippen molar-refractivity contribution in [1.82, 2.24) is 0 Å². The van der Waals surface area contributed by atoms with Crippen LogP contribution in [0.3, 0.4) is 0 Å². The van der Waals surface area contributed by atoms with E-state index in [0.717, 1.165) is 18.2 Å². The standard InChI is InChI=1S/C19H12Cl4O5S/c20-12-9-14(22)13(21)8-11(12)19(29(26,27)28,10-4-2-1-3-5-10)17-15(24)6-7-16(25)18(17)23/h1-9,24-25H,(H,26,27,28). The Balaban J connectivity index is 2.67. The Kier molecular flexibility index (Phi) is 5.98. The molecule has 0 spiro atoms. The molecule has 0 aliphatic heterocycles. The number of phenolic OH excluding ortho intramolecular Hbond substituents is 2. The summed E-state index contributed by atoms with van der Waals surface area (Å²) in [5, 5.41) is 20.0. The molecule has 0 saturated carbocycles. The van der Waals surface area contributed by atoms with Gasteiger partial charge in [-0.1, -0.05) is 76.7 Å². The smallest absolute Gasteiger partial charge is 0.283 e. The zero-order valence-electron chi connectivity index (χ0n) is 14.3. The van der Waals surface area contributed by atoms with Crippen molar-refractivity contribution >= 4 is 56.5 Å². The van der Waals surface area contributed by atoms with Crippen LogP contribution in [0, 0.1) is 0 Å². The van der Waals surface area contributed by atoms with Crippen molar-refractivity contribution in [3.63, 3.8) is 0 Å². The number of aromatic hydroxyl groups is 2. The Bertz CT molecular complexity index is 1200. The summed E-state index contributed by atoms with van der Waals surface area (Å²) in [6.07, 6.45) is 0. The lowest BCUT2D eigenvalue weighted by Gasteiger charge is -2.34. The van der Waals surface area contributed by atoms with Gasteiger partial charge in [0.15, 0.2) is 4.75 Å². The quantitative estimate of drug-likeness (QED) is 0.182. The van der Waals surface area contributed by atoms with Gasteiger partial charge in [0.1, 0.15) is 11.5 Å². The van der Waals surface area contributed by atoms with Gasteiger partial charge in [-0.2, -0.15) is 8.42 Å². The molecular formula is C19H12Cl4O5S. The Morgan fingerprint density at radius 1 is 0.759 bits per heavy atom. The fraction of sp³-hybridized carbons (Fsp3) is 0.0526. The molecule has 0 heterocycles. The van der Waals surface area contributed by atoms with Gasteiger partial charge in [-0.25, -0.2) is 0 Å². The topological polar surface area (TPSA) is 94.8 Å². The Labute approximate surface area is 186 Å². The van der Waals surface area contributed by atoms with E-state index in [9.17, 15) is 23.2 Å². The normalized spacial score (nSPS) is 13.8. The first-order valence-corrected chi connectivity index (χ1v) is 10.9. The van der Waals surface area contributed by atoms with E-state index < -0.39 is 37.0 Å². The minimum absolute atomic E-state index is 0.00871. The van der Waals surface area contributed by atoms with Gasteiger partial charge < -0.3 is 10.2 Å². The summed E-state index contributed by atoms with van der Waals surface area (Å²) in [7, 11) is -5.14. The van der Waals surface area contributed by atoms with E-state index in [2.05, 4.69) is 0 Å². The van der Waals surface area contributed by atoms with Crippen LogP contribution in [0.15, 0.2) is 54.6 Å². The Morgan fingerprint density at radius 3 is 1.90 bits per heavy atom. The maximum atomic E-state index is 13.0. The summed E-state index contributed by atoms with van der Waals surface area (Å²) < 4.78 is 33.9. The van der Waals surface area contributed by atoms with Crippen LogP contribution in [0.1, 0.15) is 16.7 Å². The van der Waals surface area contributed by atoms with Crippen LogP contribution < -0.4 is 0 Å². The largest absolute Gasteiger partial charge is 0.508 e. The third kappa shape index (κ3) is 3.54. The van der Waals surface area contributed by atoms with E-state index in [1.54, 1.807) is 6.07 Å².